The molecule has 2 N–H and O–H groups in total. The molecular weight excluding hydrogens is 189 g/mol. The molecule has 4 nitrogen and oxygen atoms in total. The van der Waals surface area contributed by atoms with Gasteiger partial charge in [-0.2, -0.15) is 0 Å². The van der Waals surface area contributed by atoms with Crippen LogP contribution in [0.4, 0.5) is 0 Å². The maximum absolute atomic E-state index is 11.8. The van der Waals surface area contributed by atoms with Crippen molar-refractivity contribution in [2.24, 2.45) is 5.73 Å². The number of nitrogens with two attached hydrogens (primary N) is 1. The van der Waals surface area contributed by atoms with Crippen molar-refractivity contribution < 1.29 is 13.6 Å². The quantitative estimate of drug-likeness (QED) is 0.651. The Hall–Kier alpha value is 0.110. The first-order valence-electron chi connectivity index (χ1n) is 4.67. The van der Waals surface area contributed by atoms with Gasteiger partial charge in [-0.05, 0) is 27.2 Å². The van der Waals surface area contributed by atoms with Crippen LogP contribution in [0.1, 0.15) is 27.2 Å². The highest BCUT2D eigenvalue weighted by molar-refractivity contribution is 7.53. The van der Waals surface area contributed by atoms with Gasteiger partial charge in [-0.3, -0.25) is 4.57 Å². The van der Waals surface area contributed by atoms with Crippen molar-refractivity contribution in [2.45, 2.75) is 33.2 Å². The lowest BCUT2D eigenvalue weighted by Crippen LogP contribution is -2.17. The van der Waals surface area contributed by atoms with Crippen LogP contribution in [-0.2, 0) is 13.6 Å². The normalized spacial score (nSPS) is 14.5. The summed E-state index contributed by atoms with van der Waals surface area (Å²) in [7, 11) is -2.85. The Balaban J connectivity index is 3.99. The topological polar surface area (TPSA) is 61.5 Å². The fourth-order valence-corrected chi connectivity index (χ4v) is 2.76. The summed E-state index contributed by atoms with van der Waals surface area (Å²) in [5.41, 5.74) is 5.56. The third-order valence-corrected chi connectivity index (χ3v) is 3.62. The van der Waals surface area contributed by atoms with Gasteiger partial charge in [0, 0.05) is 6.04 Å². The first-order chi connectivity index (χ1) is 6.04. The summed E-state index contributed by atoms with van der Waals surface area (Å²) < 4.78 is 22.0. The van der Waals surface area contributed by atoms with Crippen LogP contribution < -0.4 is 5.73 Å². The minimum absolute atomic E-state index is 0.0363. The van der Waals surface area contributed by atoms with Crippen LogP contribution in [0.5, 0.6) is 0 Å². The highest BCUT2D eigenvalue weighted by Crippen LogP contribution is 2.48. The predicted octanol–water partition coefficient (Wildman–Crippen LogP) is 1.99. The first kappa shape index (κ1) is 13.1. The molecule has 0 saturated heterocycles. The summed E-state index contributed by atoms with van der Waals surface area (Å²) in [6.07, 6.45) is 1.07. The molecule has 0 spiro atoms. The fraction of sp³-hybridized carbons (Fsp3) is 1.00. The monoisotopic (exact) mass is 209 g/mol. The SMILES string of the molecule is CCOP(=O)(CCC(C)N)OCC. The summed E-state index contributed by atoms with van der Waals surface area (Å²) in [6.45, 7) is 6.31. The first-order valence-corrected chi connectivity index (χ1v) is 6.40. The number of rotatable bonds is 7. The van der Waals surface area contributed by atoms with Crippen molar-refractivity contribution >= 4 is 7.60 Å². The third kappa shape index (κ3) is 6.22. The maximum atomic E-state index is 11.8. The lowest BCUT2D eigenvalue weighted by Gasteiger charge is -2.17. The summed E-state index contributed by atoms with van der Waals surface area (Å²) in [5.74, 6) is 0. The van der Waals surface area contributed by atoms with Gasteiger partial charge >= 0.3 is 7.60 Å². The molecule has 0 aliphatic carbocycles. The fourth-order valence-electron chi connectivity index (χ4n) is 0.922. The maximum Gasteiger partial charge on any atom is 0.330 e. The molecule has 0 amide bonds. The Kier molecular flexibility index (Phi) is 6.60. The van der Waals surface area contributed by atoms with Gasteiger partial charge in [0.25, 0.3) is 0 Å². The van der Waals surface area contributed by atoms with Crippen LogP contribution in [-0.4, -0.2) is 25.4 Å². The van der Waals surface area contributed by atoms with Crippen molar-refractivity contribution in [1.82, 2.24) is 0 Å². The van der Waals surface area contributed by atoms with Gasteiger partial charge in [-0.15, -0.1) is 0 Å². The smallest absolute Gasteiger partial charge is 0.328 e. The van der Waals surface area contributed by atoms with E-state index in [0.717, 1.165) is 0 Å². The minimum atomic E-state index is -2.85. The van der Waals surface area contributed by atoms with E-state index >= 15 is 0 Å². The summed E-state index contributed by atoms with van der Waals surface area (Å²) in [5, 5.41) is 0. The second-order valence-electron chi connectivity index (χ2n) is 2.94. The molecule has 5 heteroatoms. The zero-order chi connectivity index (χ0) is 10.3. The molecule has 0 aromatic carbocycles. The van der Waals surface area contributed by atoms with Crippen LogP contribution in [0.2, 0.25) is 0 Å². The van der Waals surface area contributed by atoms with Gasteiger partial charge in [-0.1, -0.05) is 0 Å². The Labute approximate surface area is 80.3 Å². The molecule has 0 aliphatic heterocycles. The predicted molar refractivity (Wildman–Crippen MR) is 54.0 cm³/mol. The standard InChI is InChI=1S/C8H20NO3P/c1-4-11-13(10,12-5-2)7-6-8(3)9/h8H,4-7,9H2,1-3H3. The largest absolute Gasteiger partial charge is 0.330 e. The second kappa shape index (κ2) is 6.55. The molecule has 0 bridgehead atoms. The zero-order valence-electron chi connectivity index (χ0n) is 8.66. The van der Waals surface area contributed by atoms with Crippen molar-refractivity contribution in [3.8, 4) is 0 Å². The number of hydrogen-bond acceptors (Lipinski definition) is 4. The van der Waals surface area contributed by atoms with E-state index in [4.69, 9.17) is 14.8 Å². The molecule has 80 valence electrons. The highest BCUT2D eigenvalue weighted by atomic mass is 31.2. The average molecular weight is 209 g/mol. The van der Waals surface area contributed by atoms with Crippen molar-refractivity contribution in [3.05, 3.63) is 0 Å². The van der Waals surface area contributed by atoms with Crippen LogP contribution in [0.25, 0.3) is 0 Å². The molecule has 0 radical (unpaired) electrons. The molecule has 0 aromatic rings. The van der Waals surface area contributed by atoms with Crippen molar-refractivity contribution in [3.63, 3.8) is 0 Å². The Bertz CT molecular complexity index is 163. The molecule has 1 unspecified atom stereocenters. The van der Waals surface area contributed by atoms with Gasteiger partial charge < -0.3 is 14.8 Å². The van der Waals surface area contributed by atoms with Crippen molar-refractivity contribution in [2.75, 3.05) is 19.4 Å². The van der Waals surface area contributed by atoms with Crippen LogP contribution >= 0.6 is 7.60 Å². The third-order valence-electron chi connectivity index (χ3n) is 1.51. The van der Waals surface area contributed by atoms with Gasteiger partial charge in [0.1, 0.15) is 0 Å². The van der Waals surface area contributed by atoms with Crippen LogP contribution in [0, 0.1) is 0 Å². The average Bonchev–Trinajstić information content (AvgIpc) is 2.02. The van der Waals surface area contributed by atoms with Crippen LogP contribution in [0.15, 0.2) is 0 Å². The van der Waals surface area contributed by atoms with Gasteiger partial charge in [-0.25, -0.2) is 0 Å². The zero-order valence-corrected chi connectivity index (χ0v) is 9.55. The Morgan fingerprint density at radius 3 is 2.08 bits per heavy atom. The molecule has 0 rings (SSSR count). The van der Waals surface area contributed by atoms with Gasteiger partial charge in [0.2, 0.25) is 0 Å². The molecule has 1 atom stereocenters. The highest BCUT2D eigenvalue weighted by Gasteiger charge is 2.23. The van der Waals surface area contributed by atoms with E-state index in [-0.39, 0.29) is 6.04 Å². The lowest BCUT2D eigenvalue weighted by molar-refractivity contribution is 0.219. The molecular formula is C8H20NO3P. The summed E-state index contributed by atoms with van der Waals surface area (Å²) in [4.78, 5) is 0. The van der Waals surface area contributed by atoms with Crippen molar-refractivity contribution in [1.29, 1.82) is 0 Å². The van der Waals surface area contributed by atoms with E-state index in [0.29, 0.717) is 25.8 Å². The van der Waals surface area contributed by atoms with Gasteiger partial charge in [0.05, 0.1) is 19.4 Å². The van der Waals surface area contributed by atoms with E-state index in [1.165, 1.54) is 0 Å². The van der Waals surface area contributed by atoms with E-state index in [1.807, 2.05) is 6.92 Å². The molecule has 0 fully saturated rings. The van der Waals surface area contributed by atoms with E-state index < -0.39 is 7.60 Å². The lowest BCUT2D eigenvalue weighted by atomic mass is 10.3. The summed E-state index contributed by atoms with van der Waals surface area (Å²) in [6, 6.07) is 0.0363. The Morgan fingerprint density at radius 2 is 1.77 bits per heavy atom. The molecule has 13 heavy (non-hydrogen) atoms. The van der Waals surface area contributed by atoms with Gasteiger partial charge in [0.15, 0.2) is 0 Å². The second-order valence-corrected chi connectivity index (χ2v) is 5.12. The molecule has 0 aromatic heterocycles. The minimum Gasteiger partial charge on any atom is -0.328 e. The van der Waals surface area contributed by atoms with Crippen LogP contribution in [0.3, 0.4) is 0 Å². The number of hydrogen-bond donors (Lipinski definition) is 1. The van der Waals surface area contributed by atoms with E-state index in [2.05, 4.69) is 0 Å². The molecule has 0 aliphatic rings. The Morgan fingerprint density at radius 1 is 1.31 bits per heavy atom. The molecule has 0 saturated carbocycles. The molecule has 0 heterocycles. The van der Waals surface area contributed by atoms with E-state index in [1.54, 1.807) is 13.8 Å². The summed E-state index contributed by atoms with van der Waals surface area (Å²) >= 11 is 0. The van der Waals surface area contributed by atoms with E-state index in [9.17, 15) is 4.57 Å².